The lowest BCUT2D eigenvalue weighted by molar-refractivity contribution is -0.137. The van der Waals surface area contributed by atoms with Gasteiger partial charge in [0.15, 0.2) is 0 Å². The van der Waals surface area contributed by atoms with E-state index < -0.39 is 17.7 Å². The maximum absolute atomic E-state index is 12.7. The molecule has 0 amide bonds. The molecule has 7 heteroatoms. The van der Waals surface area contributed by atoms with Crippen molar-refractivity contribution < 1.29 is 22.7 Å². The van der Waals surface area contributed by atoms with Crippen molar-refractivity contribution in [3.8, 4) is 5.75 Å². The fourth-order valence-electron chi connectivity index (χ4n) is 2.08. The second-order valence-electron chi connectivity index (χ2n) is 4.69. The number of benzene rings is 2. The smallest absolute Gasteiger partial charge is 0.416 e. The van der Waals surface area contributed by atoms with Gasteiger partial charge in [-0.1, -0.05) is 11.8 Å². The van der Waals surface area contributed by atoms with Crippen LogP contribution in [0.1, 0.15) is 12.5 Å². The molecule has 1 heterocycles. The topological polar surface area (TPSA) is 38.3 Å². The average molecular weight is 325 g/mol. The molecule has 0 atom stereocenters. The summed E-state index contributed by atoms with van der Waals surface area (Å²) in [6, 6.07) is 8.50. The molecule has 2 aromatic carbocycles. The molecule has 0 aromatic heterocycles. The summed E-state index contributed by atoms with van der Waals surface area (Å²) in [6.45, 7) is 1.30. The quantitative estimate of drug-likeness (QED) is 0.513. The number of ether oxygens (including phenoxy) is 1. The predicted molar refractivity (Wildman–Crippen MR) is 76.6 cm³/mol. The first-order chi connectivity index (χ1) is 10.3. The molecule has 0 saturated heterocycles. The molecule has 0 spiro atoms. The highest BCUT2D eigenvalue weighted by Gasteiger charge is 2.31. The Bertz CT molecular complexity index is 759. The number of rotatable bonds is 1. The molecule has 0 aliphatic carbocycles. The molecular formula is C15H10F3NO2S. The molecule has 22 heavy (non-hydrogen) atoms. The van der Waals surface area contributed by atoms with E-state index in [-0.39, 0.29) is 0 Å². The van der Waals surface area contributed by atoms with Gasteiger partial charge in [-0.3, -0.25) is 4.79 Å². The summed E-state index contributed by atoms with van der Waals surface area (Å²) in [5.41, 5.74) is 0.389. The van der Waals surface area contributed by atoms with E-state index in [1.807, 2.05) is 0 Å². The first-order valence-electron chi connectivity index (χ1n) is 6.31. The van der Waals surface area contributed by atoms with Crippen LogP contribution in [0.4, 0.5) is 24.5 Å². The van der Waals surface area contributed by atoms with Crippen molar-refractivity contribution >= 4 is 29.1 Å². The maximum Gasteiger partial charge on any atom is 0.416 e. The fraction of sp³-hybridized carbons (Fsp3) is 0.133. The van der Waals surface area contributed by atoms with E-state index in [0.717, 1.165) is 17.0 Å². The van der Waals surface area contributed by atoms with Gasteiger partial charge in [-0.05, 0) is 36.4 Å². The Morgan fingerprint density at radius 2 is 1.86 bits per heavy atom. The monoisotopic (exact) mass is 325 g/mol. The largest absolute Gasteiger partial charge is 0.427 e. The molecule has 0 radical (unpaired) electrons. The van der Waals surface area contributed by atoms with E-state index in [4.69, 9.17) is 4.74 Å². The lowest BCUT2D eigenvalue weighted by Gasteiger charge is -2.22. The van der Waals surface area contributed by atoms with Crippen molar-refractivity contribution in [3.05, 3.63) is 42.0 Å². The van der Waals surface area contributed by atoms with Crippen LogP contribution in [0.5, 0.6) is 5.75 Å². The summed E-state index contributed by atoms with van der Waals surface area (Å²) in [5.74, 6) is -0.0279. The van der Waals surface area contributed by atoms with Gasteiger partial charge in [0, 0.05) is 16.7 Å². The minimum absolute atomic E-state index is 0.399. The Hall–Kier alpha value is -2.15. The molecule has 2 aromatic rings. The summed E-state index contributed by atoms with van der Waals surface area (Å²) < 4.78 is 43.2. The third-order valence-corrected chi connectivity index (χ3v) is 4.14. The zero-order valence-electron chi connectivity index (χ0n) is 11.3. The number of anilines is 2. The van der Waals surface area contributed by atoms with Crippen LogP contribution in [0.3, 0.4) is 0 Å². The number of hydrogen-bond donors (Lipinski definition) is 1. The van der Waals surface area contributed by atoms with E-state index in [2.05, 4.69) is 5.32 Å². The molecule has 0 unspecified atom stereocenters. The van der Waals surface area contributed by atoms with Gasteiger partial charge in [-0.15, -0.1) is 0 Å². The highest BCUT2D eigenvalue weighted by atomic mass is 32.2. The van der Waals surface area contributed by atoms with E-state index in [9.17, 15) is 18.0 Å². The average Bonchev–Trinajstić information content (AvgIpc) is 2.42. The van der Waals surface area contributed by atoms with Gasteiger partial charge in [0.1, 0.15) is 5.75 Å². The summed E-state index contributed by atoms with van der Waals surface area (Å²) in [4.78, 5) is 12.4. The molecule has 0 saturated carbocycles. The number of carbonyl (C=O) groups excluding carboxylic acids is 1. The standard InChI is InChI=1S/C15H10F3NO2S/c1-8(20)21-10-3-4-11-14(7-10)22-13-5-2-9(15(16,17)18)6-12(13)19-11/h2-7,19H,1H3. The Morgan fingerprint density at radius 3 is 2.55 bits per heavy atom. The van der Waals surface area contributed by atoms with E-state index in [1.54, 1.807) is 18.2 Å². The van der Waals surface area contributed by atoms with Gasteiger partial charge in [0.05, 0.1) is 16.9 Å². The van der Waals surface area contributed by atoms with E-state index in [1.165, 1.54) is 24.8 Å². The van der Waals surface area contributed by atoms with Crippen LogP contribution in [0.2, 0.25) is 0 Å². The van der Waals surface area contributed by atoms with Gasteiger partial charge in [-0.2, -0.15) is 13.2 Å². The molecule has 0 bridgehead atoms. The molecule has 114 valence electrons. The summed E-state index contributed by atoms with van der Waals surface area (Å²) in [6.07, 6.45) is -4.37. The summed E-state index contributed by atoms with van der Waals surface area (Å²) >= 11 is 1.32. The highest BCUT2D eigenvalue weighted by molar-refractivity contribution is 7.99. The third kappa shape index (κ3) is 2.89. The van der Waals surface area contributed by atoms with E-state index >= 15 is 0 Å². The van der Waals surface area contributed by atoms with Crippen molar-refractivity contribution in [1.82, 2.24) is 0 Å². The van der Waals surface area contributed by atoms with Crippen LogP contribution in [-0.2, 0) is 11.0 Å². The second kappa shape index (κ2) is 5.24. The van der Waals surface area contributed by atoms with Gasteiger partial charge in [-0.25, -0.2) is 0 Å². The summed E-state index contributed by atoms with van der Waals surface area (Å²) in [5, 5.41) is 2.97. The Balaban J connectivity index is 1.93. The van der Waals surface area contributed by atoms with Gasteiger partial charge in [0.25, 0.3) is 0 Å². The van der Waals surface area contributed by atoms with Gasteiger partial charge >= 0.3 is 12.1 Å². The molecule has 0 fully saturated rings. The molecule has 3 nitrogen and oxygen atoms in total. The number of alkyl halides is 3. The van der Waals surface area contributed by atoms with Gasteiger partial charge in [0.2, 0.25) is 0 Å². The zero-order chi connectivity index (χ0) is 15.9. The molecule has 3 rings (SSSR count). The van der Waals surface area contributed by atoms with Crippen LogP contribution >= 0.6 is 11.8 Å². The number of esters is 1. The van der Waals surface area contributed by atoms with Crippen LogP contribution in [0.25, 0.3) is 0 Å². The van der Waals surface area contributed by atoms with Crippen LogP contribution in [0, 0.1) is 0 Å². The minimum Gasteiger partial charge on any atom is -0.427 e. The molecule has 1 aliphatic rings. The number of carbonyl (C=O) groups is 1. The number of fused-ring (bicyclic) bond motifs is 2. The first kappa shape index (κ1) is 14.8. The van der Waals surface area contributed by atoms with Crippen molar-refractivity contribution in [1.29, 1.82) is 0 Å². The molecule has 1 aliphatic heterocycles. The first-order valence-corrected chi connectivity index (χ1v) is 7.13. The Kier molecular flexibility index (Phi) is 3.52. The van der Waals surface area contributed by atoms with Crippen molar-refractivity contribution in [2.45, 2.75) is 22.9 Å². The predicted octanol–water partition coefficient (Wildman–Crippen LogP) is 4.84. The van der Waals surface area contributed by atoms with Crippen molar-refractivity contribution in [2.24, 2.45) is 0 Å². The minimum atomic E-state index is -4.37. The molecular weight excluding hydrogens is 315 g/mol. The summed E-state index contributed by atoms with van der Waals surface area (Å²) in [7, 11) is 0. The normalized spacial score (nSPS) is 12.9. The SMILES string of the molecule is CC(=O)Oc1ccc2c(c1)Sc1ccc(C(F)(F)F)cc1N2. The van der Waals surface area contributed by atoms with Crippen LogP contribution in [0.15, 0.2) is 46.2 Å². The third-order valence-electron chi connectivity index (χ3n) is 3.01. The molecule has 1 N–H and O–H groups in total. The van der Waals surface area contributed by atoms with E-state index in [0.29, 0.717) is 22.0 Å². The highest BCUT2D eigenvalue weighted by Crippen LogP contribution is 2.46. The van der Waals surface area contributed by atoms with Crippen LogP contribution in [-0.4, -0.2) is 5.97 Å². The maximum atomic E-state index is 12.7. The Labute approximate surface area is 128 Å². The Morgan fingerprint density at radius 1 is 1.09 bits per heavy atom. The fourth-order valence-corrected chi connectivity index (χ4v) is 3.07. The lowest BCUT2D eigenvalue weighted by atomic mass is 10.2. The number of halogens is 3. The van der Waals surface area contributed by atoms with Crippen molar-refractivity contribution in [2.75, 3.05) is 5.32 Å². The second-order valence-corrected chi connectivity index (χ2v) is 5.77. The van der Waals surface area contributed by atoms with Gasteiger partial charge < -0.3 is 10.1 Å². The number of nitrogens with one attached hydrogen (secondary N) is 1. The number of hydrogen-bond acceptors (Lipinski definition) is 4. The lowest BCUT2D eigenvalue weighted by Crippen LogP contribution is -2.08. The van der Waals surface area contributed by atoms with Crippen molar-refractivity contribution in [3.63, 3.8) is 0 Å². The zero-order valence-corrected chi connectivity index (χ0v) is 12.1. The van der Waals surface area contributed by atoms with Crippen LogP contribution < -0.4 is 10.1 Å².